The number of esters is 1. The van der Waals surface area contributed by atoms with Gasteiger partial charge in [-0.25, -0.2) is 9.97 Å². The van der Waals surface area contributed by atoms with Crippen molar-refractivity contribution in [2.45, 2.75) is 193 Å². The first-order chi connectivity index (χ1) is 35.4. The second-order valence-electron chi connectivity index (χ2n) is 18.6. The third-order valence-corrected chi connectivity index (χ3v) is 15.4. The average Bonchev–Trinajstić information content (AvgIpc) is 4.18. The molecule has 2 heterocycles. The van der Waals surface area contributed by atoms with Crippen molar-refractivity contribution in [1.82, 2.24) is 9.97 Å². The van der Waals surface area contributed by atoms with Crippen LogP contribution in [-0.4, -0.2) is 15.9 Å². The summed E-state index contributed by atoms with van der Waals surface area (Å²) in [5.41, 5.74) is 10.9. The Kier molecular flexibility index (Phi) is 49.3. The highest BCUT2D eigenvalue weighted by atomic mass is 32.1. The zero-order valence-corrected chi connectivity index (χ0v) is 46.4. The van der Waals surface area contributed by atoms with Crippen LogP contribution < -0.4 is 4.74 Å². The lowest BCUT2D eigenvalue weighted by molar-refractivity contribution is -0.138. The van der Waals surface area contributed by atoms with Gasteiger partial charge in [-0.3, -0.25) is 4.79 Å². The first-order valence-corrected chi connectivity index (χ1v) is 27.8. The molecule has 83 heavy (non-hydrogen) atoms. The fraction of sp³-hybridized carbons (Fsp3) is 0.395. The summed E-state index contributed by atoms with van der Waals surface area (Å²) >= 11 is 3.53. The highest BCUT2D eigenvalue weighted by Gasteiger charge is 2.16. The van der Waals surface area contributed by atoms with Crippen LogP contribution in [0.3, 0.4) is 0 Å². The molecule has 5 unspecified atom stereocenters. The number of para-hydroxylation sites is 3. The van der Waals surface area contributed by atoms with Crippen LogP contribution in [0.25, 0.3) is 52.7 Å². The first-order valence-electron chi connectivity index (χ1n) is 26.1. The number of hydrogen-bond donors (Lipinski definition) is 0. The van der Waals surface area contributed by atoms with Crippen LogP contribution >= 0.6 is 22.7 Å². The molecule has 458 valence electrons. The van der Waals surface area contributed by atoms with E-state index in [1.54, 1.807) is 22.7 Å². The van der Waals surface area contributed by atoms with Gasteiger partial charge in [0.25, 0.3) is 0 Å². The van der Waals surface area contributed by atoms with Crippen molar-refractivity contribution in [1.29, 1.82) is 5.26 Å². The molecule has 2 aromatic heterocycles. The predicted molar refractivity (Wildman–Crippen MR) is 382 cm³/mol. The minimum absolute atomic E-state index is 0. The highest BCUT2D eigenvalue weighted by Crippen LogP contribution is 2.34. The second kappa shape index (κ2) is 46.7. The SMILES string of the molecule is C.C.C.C.C.C.C.C.C.C.CCC(C)C#N.CCC(C)C(=O)Oc1ccccc1-c1ccccc1.CCC(C)c1ccc(-c2nc3ccccc3s2)cc1.CCC(C)c1cccc(-c2nc3ccccc3s2)c1.CCC(C)c1ccccc1. The summed E-state index contributed by atoms with van der Waals surface area (Å²) in [7, 11) is 0. The number of rotatable bonds is 13. The van der Waals surface area contributed by atoms with Crippen LogP contribution in [-0.2, 0) is 4.79 Å². The molecule has 0 amide bonds. The van der Waals surface area contributed by atoms with Gasteiger partial charge in [-0.1, -0.05) is 282 Å². The Morgan fingerprint density at radius 1 is 0.434 bits per heavy atom. The summed E-state index contributed by atoms with van der Waals surface area (Å²) in [6.45, 7) is 21.3. The molecule has 9 aromatic rings. The van der Waals surface area contributed by atoms with Crippen LogP contribution in [0.15, 0.2) is 182 Å². The molecule has 0 radical (unpaired) electrons. The fourth-order valence-corrected chi connectivity index (χ4v) is 9.22. The van der Waals surface area contributed by atoms with E-state index in [9.17, 15) is 4.79 Å². The number of carbonyl (C=O) groups is 1. The molecule has 0 saturated carbocycles. The van der Waals surface area contributed by atoms with Gasteiger partial charge in [0, 0.05) is 22.6 Å². The van der Waals surface area contributed by atoms with Gasteiger partial charge in [0.2, 0.25) is 0 Å². The third kappa shape index (κ3) is 27.0. The van der Waals surface area contributed by atoms with Crippen molar-refractivity contribution < 1.29 is 9.53 Å². The van der Waals surface area contributed by atoms with Gasteiger partial charge in [0.05, 0.1) is 32.4 Å². The van der Waals surface area contributed by atoms with E-state index in [2.05, 4.69) is 163 Å². The molecule has 0 aliphatic heterocycles. The van der Waals surface area contributed by atoms with Gasteiger partial charge in [-0.05, 0) is 115 Å². The third-order valence-electron chi connectivity index (χ3n) is 13.3. The largest absolute Gasteiger partial charge is 0.426 e. The number of nitrogens with zero attached hydrogens (tertiary/aromatic N) is 3. The van der Waals surface area contributed by atoms with Gasteiger partial charge in [0.15, 0.2) is 0 Å². The van der Waals surface area contributed by atoms with Crippen molar-refractivity contribution in [2.24, 2.45) is 11.8 Å². The molecule has 7 heteroatoms. The number of nitriles is 1. The second-order valence-corrected chi connectivity index (χ2v) is 20.7. The normalized spacial score (nSPS) is 11.0. The maximum Gasteiger partial charge on any atom is 0.314 e. The number of ether oxygens (including phenoxy) is 1. The van der Waals surface area contributed by atoms with E-state index < -0.39 is 0 Å². The summed E-state index contributed by atoms with van der Waals surface area (Å²) < 4.78 is 8.02. The Hall–Kier alpha value is -6.72. The summed E-state index contributed by atoms with van der Waals surface area (Å²) in [5.74, 6) is 2.55. The lowest BCUT2D eigenvalue weighted by Crippen LogP contribution is -2.17. The van der Waals surface area contributed by atoms with Crippen molar-refractivity contribution >= 4 is 49.1 Å². The van der Waals surface area contributed by atoms with Crippen molar-refractivity contribution in [2.75, 3.05) is 0 Å². The fourth-order valence-electron chi connectivity index (χ4n) is 7.29. The minimum Gasteiger partial charge on any atom is -0.426 e. The molecular formula is C76H115N3O2S2. The quantitative estimate of drug-likeness (QED) is 0.0849. The lowest BCUT2D eigenvalue weighted by Gasteiger charge is -2.12. The highest BCUT2D eigenvalue weighted by molar-refractivity contribution is 7.22. The number of fused-ring (bicyclic) bond motifs is 2. The monoisotopic (exact) mass is 1170 g/mol. The molecule has 5 nitrogen and oxygen atoms in total. The lowest BCUT2D eigenvalue weighted by atomic mass is 9.97. The van der Waals surface area contributed by atoms with Crippen molar-refractivity contribution in [3.63, 3.8) is 0 Å². The van der Waals surface area contributed by atoms with Gasteiger partial charge >= 0.3 is 5.97 Å². The first kappa shape index (κ1) is 87.5. The van der Waals surface area contributed by atoms with E-state index in [1.165, 1.54) is 56.5 Å². The topological polar surface area (TPSA) is 75.9 Å². The summed E-state index contributed by atoms with van der Waals surface area (Å²) in [6, 6.07) is 64.6. The molecule has 9 rings (SSSR count). The Bertz CT molecular complexity index is 2980. The minimum atomic E-state index is -0.175. The Morgan fingerprint density at radius 2 is 0.831 bits per heavy atom. The van der Waals surface area contributed by atoms with Crippen LogP contribution in [0.5, 0.6) is 5.75 Å². The average molecular weight is 1170 g/mol. The maximum atomic E-state index is 11.9. The molecule has 0 aliphatic rings. The van der Waals surface area contributed by atoms with Gasteiger partial charge in [0.1, 0.15) is 15.8 Å². The smallest absolute Gasteiger partial charge is 0.314 e. The summed E-state index contributed by atoms with van der Waals surface area (Å²) in [5, 5.41) is 10.3. The number of thiazole rings is 2. The molecule has 7 aromatic carbocycles. The van der Waals surface area contributed by atoms with E-state index in [-0.39, 0.29) is 92.1 Å². The molecule has 5 atom stereocenters. The molecule has 0 fully saturated rings. The standard InChI is InChI=1S/2C17H17NS.C17H18O2.C10H14.C5H9N.10CH4/c1-3-12(2)13-7-6-8-14(11-13)17-18-15-9-4-5-10-16(15)19-17;1-3-12(2)13-8-10-14(11-9-13)17-18-15-6-4-5-7-16(15)19-17;1-3-13(2)17(18)19-16-12-8-7-11-15(16)14-9-5-4-6-10-14;1-3-9(2)10-7-5-4-6-8-10;1-3-5(2)4-6;;;;;;;;;;/h2*4-12H,3H2,1-2H3;4-13H,3H2,1-2H3;4-9H,3H2,1-2H3;5H,3H2,1-2H3;10*1H4. The molecule has 0 N–H and O–H groups in total. The van der Waals surface area contributed by atoms with E-state index in [0.29, 0.717) is 23.5 Å². The summed E-state index contributed by atoms with van der Waals surface area (Å²) in [6.07, 6.45) is 5.33. The van der Waals surface area contributed by atoms with Crippen LogP contribution in [0.1, 0.15) is 210 Å². The molecule has 0 aliphatic carbocycles. The van der Waals surface area contributed by atoms with Crippen molar-refractivity contribution in [3.8, 4) is 44.1 Å². The van der Waals surface area contributed by atoms with E-state index in [0.717, 1.165) is 45.0 Å². The predicted octanol–water partition coefficient (Wildman–Crippen LogP) is 26.4. The number of benzene rings is 7. The van der Waals surface area contributed by atoms with Gasteiger partial charge in [-0.2, -0.15) is 5.26 Å². The van der Waals surface area contributed by atoms with Crippen LogP contribution in [0, 0.1) is 23.2 Å². The van der Waals surface area contributed by atoms with E-state index >= 15 is 0 Å². The Morgan fingerprint density at radius 3 is 1.28 bits per heavy atom. The zero-order valence-electron chi connectivity index (χ0n) is 44.7. The number of hydrogen-bond acceptors (Lipinski definition) is 7. The molecular weight excluding hydrogens is 1050 g/mol. The number of carbonyl (C=O) groups excluding carboxylic acids is 1. The maximum absolute atomic E-state index is 11.9. The van der Waals surface area contributed by atoms with E-state index in [1.807, 2.05) is 94.4 Å². The van der Waals surface area contributed by atoms with Crippen LogP contribution in [0.2, 0.25) is 0 Å². The van der Waals surface area contributed by atoms with Gasteiger partial charge in [-0.15, -0.1) is 22.7 Å². The summed E-state index contributed by atoms with van der Waals surface area (Å²) in [4.78, 5) is 21.3. The zero-order chi connectivity index (χ0) is 52.5. The Labute approximate surface area is 518 Å². The molecule has 0 saturated heterocycles. The van der Waals surface area contributed by atoms with Crippen LogP contribution in [0.4, 0.5) is 0 Å². The Balaban J connectivity index is -0.000000225. The van der Waals surface area contributed by atoms with Gasteiger partial charge < -0.3 is 4.74 Å². The number of aromatic nitrogens is 2. The van der Waals surface area contributed by atoms with Crippen molar-refractivity contribution in [3.05, 3.63) is 199 Å². The molecule has 0 spiro atoms. The van der Waals surface area contributed by atoms with E-state index in [4.69, 9.17) is 20.0 Å². The molecule has 0 bridgehead atoms.